The lowest BCUT2D eigenvalue weighted by Gasteiger charge is -2.69. The first-order valence-electron chi connectivity index (χ1n) is 18.0. The number of carbonyl (C=O) groups is 3. The van der Waals surface area contributed by atoms with E-state index in [9.17, 15) is 14.9 Å². The van der Waals surface area contributed by atoms with E-state index in [1.165, 1.54) is 0 Å². The SMILES string of the molecule is CC[C@@]12CC[C@@]3(C(=O)n4cnc(-c5cccc(C)n5)c4)CCC(C)(C)CC3[C@H]1C(=O)C=C1[C@@]3(C)C=C(C#N)C(=O)C(C)(C)C3CC[C@]12C. The third-order valence-electron chi connectivity index (χ3n) is 14.6. The number of aromatic nitrogens is 3. The number of aryl methyl sites for hydroxylation is 1. The van der Waals surface area contributed by atoms with E-state index in [-0.39, 0.29) is 57.0 Å². The Morgan fingerprint density at radius 2 is 1.75 bits per heavy atom. The van der Waals surface area contributed by atoms with Crippen LogP contribution in [0.4, 0.5) is 0 Å². The van der Waals surface area contributed by atoms with Crippen molar-refractivity contribution in [2.45, 2.75) is 107 Å². The largest absolute Gasteiger partial charge is 0.295 e. The summed E-state index contributed by atoms with van der Waals surface area (Å²) < 4.78 is 1.68. The average Bonchev–Trinajstić information content (AvgIpc) is 3.53. The van der Waals surface area contributed by atoms with Crippen LogP contribution in [0.2, 0.25) is 0 Å². The molecule has 7 atom stereocenters. The van der Waals surface area contributed by atoms with Gasteiger partial charge in [0.1, 0.15) is 18.1 Å². The average molecular weight is 647 g/mol. The van der Waals surface area contributed by atoms with Gasteiger partial charge in [0, 0.05) is 28.6 Å². The number of hydrogen-bond donors (Lipinski definition) is 0. The van der Waals surface area contributed by atoms with Crippen molar-refractivity contribution in [2.75, 3.05) is 0 Å². The van der Waals surface area contributed by atoms with Crippen LogP contribution in [0.15, 0.2) is 54.0 Å². The van der Waals surface area contributed by atoms with Crippen LogP contribution in [0.25, 0.3) is 11.4 Å². The van der Waals surface area contributed by atoms with Crippen molar-refractivity contribution in [1.29, 1.82) is 5.26 Å². The van der Waals surface area contributed by atoms with Crippen LogP contribution < -0.4 is 0 Å². The maximum atomic E-state index is 15.0. The van der Waals surface area contributed by atoms with Gasteiger partial charge in [0.2, 0.25) is 5.91 Å². The summed E-state index contributed by atoms with van der Waals surface area (Å²) in [5, 5.41) is 10.1. The zero-order valence-corrected chi connectivity index (χ0v) is 29.9. The predicted molar refractivity (Wildman–Crippen MR) is 184 cm³/mol. The van der Waals surface area contributed by atoms with E-state index >= 15 is 4.79 Å². The molecule has 0 aliphatic heterocycles. The van der Waals surface area contributed by atoms with Gasteiger partial charge in [-0.25, -0.2) is 4.98 Å². The number of ketones is 2. The third-order valence-corrected chi connectivity index (χ3v) is 14.6. The first kappa shape index (κ1) is 32.9. The second-order valence-electron chi connectivity index (χ2n) is 17.6. The summed E-state index contributed by atoms with van der Waals surface area (Å²) in [5.74, 6) is -0.295. The molecule has 2 unspecified atom stereocenters. The molecule has 7 nitrogen and oxygen atoms in total. The predicted octanol–water partition coefficient (Wildman–Crippen LogP) is 8.50. The van der Waals surface area contributed by atoms with E-state index in [0.29, 0.717) is 5.69 Å². The number of rotatable bonds is 3. The Morgan fingerprint density at radius 3 is 2.44 bits per heavy atom. The number of Topliss-reactive ketones (excluding diaryl/α,β-unsaturated/α-hetero) is 1. The van der Waals surface area contributed by atoms with Gasteiger partial charge < -0.3 is 0 Å². The number of hydrogen-bond acceptors (Lipinski definition) is 6. The van der Waals surface area contributed by atoms with E-state index in [2.05, 4.69) is 50.7 Å². The zero-order chi connectivity index (χ0) is 34.7. The van der Waals surface area contributed by atoms with Crippen molar-refractivity contribution in [3.8, 4) is 17.5 Å². The highest BCUT2D eigenvalue weighted by atomic mass is 16.2. The number of nitriles is 1. The summed E-state index contributed by atoms with van der Waals surface area (Å²) in [6, 6.07) is 8.03. The fourth-order valence-electron chi connectivity index (χ4n) is 12.1. The van der Waals surface area contributed by atoms with E-state index in [0.717, 1.165) is 68.3 Å². The minimum Gasteiger partial charge on any atom is -0.295 e. The summed E-state index contributed by atoms with van der Waals surface area (Å²) in [7, 11) is 0. The second-order valence-corrected chi connectivity index (χ2v) is 17.6. The highest BCUT2D eigenvalue weighted by molar-refractivity contribution is 6.04. The smallest absolute Gasteiger partial charge is 0.238 e. The molecule has 2 aromatic rings. The van der Waals surface area contributed by atoms with Crippen LogP contribution in [-0.2, 0) is 9.59 Å². The Bertz CT molecular complexity index is 1860. The Labute approximate surface area is 285 Å². The molecule has 7 rings (SSSR count). The zero-order valence-electron chi connectivity index (χ0n) is 29.9. The van der Waals surface area contributed by atoms with Gasteiger partial charge in [-0.2, -0.15) is 5.26 Å². The van der Waals surface area contributed by atoms with Crippen molar-refractivity contribution in [3.05, 3.63) is 59.7 Å². The lowest BCUT2D eigenvalue weighted by Crippen LogP contribution is -2.66. The van der Waals surface area contributed by atoms with Gasteiger partial charge in [-0.05, 0) is 105 Å². The minimum absolute atomic E-state index is 0.00313. The van der Waals surface area contributed by atoms with Crippen LogP contribution in [0.3, 0.4) is 0 Å². The third kappa shape index (κ3) is 4.19. The second kappa shape index (κ2) is 10.4. The quantitative estimate of drug-likeness (QED) is 0.331. The van der Waals surface area contributed by atoms with Gasteiger partial charge in [-0.1, -0.05) is 66.2 Å². The lowest BCUT2D eigenvalue weighted by molar-refractivity contribution is -0.170. The molecule has 5 aliphatic carbocycles. The van der Waals surface area contributed by atoms with E-state index in [4.69, 9.17) is 0 Å². The topological polar surface area (TPSA) is 106 Å². The van der Waals surface area contributed by atoms with Gasteiger partial charge in [-0.3, -0.25) is 23.9 Å². The molecular formula is C41H50N4O3. The monoisotopic (exact) mass is 646 g/mol. The van der Waals surface area contributed by atoms with Crippen molar-refractivity contribution >= 4 is 17.5 Å². The van der Waals surface area contributed by atoms with Crippen LogP contribution in [0, 0.1) is 68.5 Å². The van der Waals surface area contributed by atoms with Crippen molar-refractivity contribution in [1.82, 2.24) is 14.5 Å². The molecule has 0 amide bonds. The van der Waals surface area contributed by atoms with E-state index in [1.807, 2.05) is 57.3 Å². The molecule has 0 radical (unpaired) electrons. The van der Waals surface area contributed by atoms with Crippen LogP contribution in [-0.4, -0.2) is 32.0 Å². The fourth-order valence-corrected chi connectivity index (χ4v) is 12.1. The number of carbonyl (C=O) groups excluding carboxylic acids is 3. The summed E-state index contributed by atoms with van der Waals surface area (Å²) in [5.41, 5.74) is 1.05. The van der Waals surface area contributed by atoms with Gasteiger partial charge in [0.25, 0.3) is 0 Å². The molecular weight excluding hydrogens is 596 g/mol. The Hall–Kier alpha value is -3.66. The molecule has 0 saturated heterocycles. The van der Waals surface area contributed by atoms with Gasteiger partial charge in [-0.15, -0.1) is 0 Å². The molecule has 0 aromatic carbocycles. The normalized spacial score (nSPS) is 37.9. The van der Waals surface area contributed by atoms with Crippen LogP contribution in [0.5, 0.6) is 0 Å². The molecule has 5 aliphatic rings. The Kier molecular flexibility index (Phi) is 7.14. The molecule has 0 bridgehead atoms. The molecule has 3 fully saturated rings. The summed E-state index contributed by atoms with van der Waals surface area (Å²) in [4.78, 5) is 52.6. The van der Waals surface area contributed by atoms with Gasteiger partial charge in [0.15, 0.2) is 11.6 Å². The Morgan fingerprint density at radius 1 is 1.02 bits per heavy atom. The Balaban J connectivity index is 1.36. The van der Waals surface area contributed by atoms with E-state index < -0.39 is 16.2 Å². The van der Waals surface area contributed by atoms with Crippen molar-refractivity contribution < 1.29 is 14.4 Å². The lowest BCUT2D eigenvalue weighted by atomic mass is 9.33. The van der Waals surface area contributed by atoms with Crippen LogP contribution >= 0.6 is 0 Å². The standard InChI is InChI=1S/C41H50N4O3/c1-9-41-18-17-40(35(48)45-23-29(43-24-45)28-12-10-11-25(2)44-28)16-15-36(3,4)21-27(40)33(41)30(46)19-32-38(7)20-26(22-42)34(47)37(5,6)31(38)13-14-39(32,41)8/h10-12,19-20,23-24,27,31,33H,9,13-18,21H2,1-8H3/t27?,31?,33-,38-,39+,40-,41+/m0/s1. The molecule has 2 aromatic heterocycles. The number of allylic oxidation sites excluding steroid dienone is 4. The van der Waals surface area contributed by atoms with Gasteiger partial charge in [0.05, 0.1) is 16.7 Å². The first-order valence-corrected chi connectivity index (χ1v) is 18.0. The number of fused-ring (bicyclic) bond motifs is 7. The first-order chi connectivity index (χ1) is 22.5. The van der Waals surface area contributed by atoms with Crippen molar-refractivity contribution in [3.63, 3.8) is 0 Å². The highest BCUT2D eigenvalue weighted by Gasteiger charge is 2.71. The molecule has 48 heavy (non-hydrogen) atoms. The number of imidazole rings is 1. The molecule has 0 N–H and O–H groups in total. The molecule has 0 spiro atoms. The molecule has 7 heteroatoms. The summed E-state index contributed by atoms with van der Waals surface area (Å²) in [6.45, 7) is 17.3. The molecule has 2 heterocycles. The number of nitrogens with zero attached hydrogens (tertiary/aromatic N) is 4. The summed E-state index contributed by atoms with van der Waals surface area (Å²) >= 11 is 0. The fraction of sp³-hybridized carbons (Fsp3) is 0.610. The molecule has 252 valence electrons. The molecule has 3 saturated carbocycles. The maximum absolute atomic E-state index is 15.0. The highest BCUT2D eigenvalue weighted by Crippen LogP contribution is 2.75. The number of pyridine rings is 1. The van der Waals surface area contributed by atoms with Crippen LogP contribution in [0.1, 0.15) is 110 Å². The van der Waals surface area contributed by atoms with Crippen molar-refractivity contribution in [2.24, 2.45) is 50.2 Å². The summed E-state index contributed by atoms with van der Waals surface area (Å²) in [6.07, 6.45) is 13.9. The van der Waals surface area contributed by atoms with Gasteiger partial charge >= 0.3 is 0 Å². The minimum atomic E-state index is -0.699. The maximum Gasteiger partial charge on any atom is 0.238 e. The van der Waals surface area contributed by atoms with E-state index in [1.54, 1.807) is 10.9 Å².